The number of sulfone groups is 1. The molecule has 98 valence electrons. The molecule has 1 rings (SSSR count). The summed E-state index contributed by atoms with van der Waals surface area (Å²) in [6.45, 7) is 0. The van der Waals surface area contributed by atoms with E-state index < -0.39 is 26.8 Å². The van der Waals surface area contributed by atoms with Gasteiger partial charge >= 0.3 is 5.97 Å². The first-order valence-electron chi connectivity index (χ1n) is 4.55. The van der Waals surface area contributed by atoms with E-state index in [1.54, 1.807) is 0 Å². The third-order valence-electron chi connectivity index (χ3n) is 2.07. The van der Waals surface area contributed by atoms with Gasteiger partial charge in [0, 0.05) is 6.26 Å². The third-order valence-corrected chi connectivity index (χ3v) is 3.49. The number of aromatic carboxylic acids is 1. The van der Waals surface area contributed by atoms with Gasteiger partial charge < -0.3 is 5.11 Å². The highest BCUT2D eigenvalue weighted by molar-refractivity contribution is 7.89. The number of carbonyl (C=O) groups excluding carboxylic acids is 1. The van der Waals surface area contributed by atoms with Gasteiger partial charge in [-0.2, -0.15) is 0 Å². The first-order chi connectivity index (χ1) is 8.13. The van der Waals surface area contributed by atoms with Crippen molar-refractivity contribution in [3.63, 3.8) is 0 Å². The Hall–Kier alpha value is -1.11. The smallest absolute Gasteiger partial charge is 0.337 e. The molecule has 0 aromatic heterocycles. The lowest BCUT2D eigenvalue weighted by Gasteiger charge is -2.09. The second-order valence-electron chi connectivity index (χ2n) is 3.61. The lowest BCUT2D eigenvalue weighted by molar-refractivity contribution is 0.0697. The molecule has 0 atom stereocenters. The van der Waals surface area contributed by atoms with Gasteiger partial charge in [-0.1, -0.05) is 17.7 Å². The Bertz CT molecular complexity index is 621. The Morgan fingerprint density at radius 3 is 2.28 bits per heavy atom. The summed E-state index contributed by atoms with van der Waals surface area (Å²) >= 11 is 11.1. The van der Waals surface area contributed by atoms with Crippen LogP contribution in [0.1, 0.15) is 26.3 Å². The summed E-state index contributed by atoms with van der Waals surface area (Å²) in [4.78, 5) is 22.1. The topological polar surface area (TPSA) is 88.5 Å². The first kappa shape index (κ1) is 14.9. The summed E-state index contributed by atoms with van der Waals surface area (Å²) in [6.07, 6.45) is 0.981. The zero-order valence-corrected chi connectivity index (χ0v) is 11.4. The van der Waals surface area contributed by atoms with Crippen molar-refractivity contribution in [2.24, 2.45) is 0 Å². The van der Waals surface area contributed by atoms with Crippen molar-refractivity contribution in [2.45, 2.75) is 5.75 Å². The molecule has 0 fully saturated rings. The van der Waals surface area contributed by atoms with Gasteiger partial charge in [-0.05, 0) is 23.2 Å². The minimum atomic E-state index is -3.40. The molecule has 0 saturated carbocycles. The molecule has 0 aliphatic heterocycles. The molecule has 8 heteroatoms. The quantitative estimate of drug-likeness (QED) is 0.859. The third kappa shape index (κ3) is 3.44. The average Bonchev–Trinajstić information content (AvgIpc) is 2.13. The zero-order valence-electron chi connectivity index (χ0n) is 9.11. The Balaban J connectivity index is 3.51. The maximum atomic E-state index is 11.2. The van der Waals surface area contributed by atoms with E-state index in [1.165, 1.54) is 6.07 Å². The van der Waals surface area contributed by atoms with Crippen LogP contribution in [0.2, 0.25) is 5.02 Å². The summed E-state index contributed by atoms with van der Waals surface area (Å²) in [5.74, 6) is -1.77. The molecule has 0 aliphatic rings. The van der Waals surface area contributed by atoms with Crippen molar-refractivity contribution in [1.82, 2.24) is 0 Å². The highest BCUT2D eigenvalue weighted by Gasteiger charge is 2.22. The predicted molar refractivity (Wildman–Crippen MR) is 67.1 cm³/mol. The molecule has 5 nitrogen and oxygen atoms in total. The number of carboxylic acids is 1. The van der Waals surface area contributed by atoms with E-state index in [1.807, 2.05) is 0 Å². The lowest BCUT2D eigenvalue weighted by atomic mass is 10.1. The van der Waals surface area contributed by atoms with E-state index in [0.29, 0.717) is 0 Å². The van der Waals surface area contributed by atoms with E-state index in [9.17, 15) is 18.0 Å². The molecule has 1 aromatic rings. The molecule has 0 bridgehead atoms. The number of carbonyl (C=O) groups is 2. The van der Waals surface area contributed by atoms with Gasteiger partial charge in [0.15, 0.2) is 9.84 Å². The van der Waals surface area contributed by atoms with Crippen molar-refractivity contribution in [3.05, 3.63) is 33.8 Å². The van der Waals surface area contributed by atoms with Gasteiger partial charge in [0.2, 0.25) is 0 Å². The molecule has 1 N–H and O–H groups in total. The Kier molecular flexibility index (Phi) is 4.37. The maximum absolute atomic E-state index is 11.2. The first-order valence-corrected chi connectivity index (χ1v) is 7.37. The molecule has 0 unspecified atom stereocenters. The Labute approximate surface area is 113 Å². The summed E-state index contributed by atoms with van der Waals surface area (Å²) in [5.41, 5.74) is -0.519. The fourth-order valence-corrected chi connectivity index (χ4v) is 2.82. The van der Waals surface area contributed by atoms with Gasteiger partial charge in [-0.15, -0.1) is 0 Å². The van der Waals surface area contributed by atoms with Gasteiger partial charge in [0.1, 0.15) is 0 Å². The van der Waals surface area contributed by atoms with Crippen LogP contribution >= 0.6 is 23.2 Å². The molecule has 1 aromatic carbocycles. The monoisotopic (exact) mass is 310 g/mol. The Morgan fingerprint density at radius 1 is 1.33 bits per heavy atom. The van der Waals surface area contributed by atoms with Crippen LogP contribution in [0, 0.1) is 0 Å². The maximum Gasteiger partial charge on any atom is 0.337 e. The highest BCUT2D eigenvalue weighted by Crippen LogP contribution is 2.27. The second kappa shape index (κ2) is 5.26. The van der Waals surface area contributed by atoms with Crippen molar-refractivity contribution in [3.8, 4) is 0 Å². The van der Waals surface area contributed by atoms with Crippen LogP contribution < -0.4 is 0 Å². The van der Waals surface area contributed by atoms with E-state index in [4.69, 9.17) is 28.3 Å². The normalized spacial score (nSPS) is 11.3. The van der Waals surface area contributed by atoms with Crippen molar-refractivity contribution >= 4 is 44.3 Å². The highest BCUT2D eigenvalue weighted by atomic mass is 35.5. The van der Waals surface area contributed by atoms with Gasteiger partial charge in [0.25, 0.3) is 5.24 Å². The summed E-state index contributed by atoms with van der Waals surface area (Å²) in [5, 5.41) is 7.48. The van der Waals surface area contributed by atoms with Crippen LogP contribution in [0.25, 0.3) is 0 Å². The van der Waals surface area contributed by atoms with Crippen molar-refractivity contribution in [2.75, 3.05) is 6.26 Å². The zero-order chi connectivity index (χ0) is 14.1. The molecular weight excluding hydrogens is 303 g/mol. The lowest BCUT2D eigenvalue weighted by Crippen LogP contribution is -2.09. The minimum Gasteiger partial charge on any atom is -0.478 e. The molecule has 0 spiro atoms. The average molecular weight is 311 g/mol. The molecular formula is C10H8Cl2O5S. The largest absolute Gasteiger partial charge is 0.478 e. The number of hydrogen-bond donors (Lipinski definition) is 1. The molecule has 18 heavy (non-hydrogen) atoms. The minimum absolute atomic E-state index is 0.0764. The van der Waals surface area contributed by atoms with Gasteiger partial charge in [-0.3, -0.25) is 4.79 Å². The van der Waals surface area contributed by atoms with Crippen molar-refractivity contribution < 1.29 is 23.1 Å². The van der Waals surface area contributed by atoms with Gasteiger partial charge in [0.05, 0.1) is 21.9 Å². The standard InChI is InChI=1S/C10H8Cl2O5S/c1-18(16,17)4-5-2-3-6(10(14)15)8(11)7(5)9(12)13/h2-3H,4H2,1H3,(H,14,15). The van der Waals surface area contributed by atoms with E-state index in [-0.39, 0.29) is 21.7 Å². The predicted octanol–water partition coefficient (Wildman–Crippen LogP) is 1.96. The fraction of sp³-hybridized carbons (Fsp3) is 0.200. The molecule has 0 saturated heterocycles. The van der Waals surface area contributed by atoms with E-state index in [0.717, 1.165) is 12.3 Å². The van der Waals surface area contributed by atoms with Crippen LogP contribution in [0.3, 0.4) is 0 Å². The number of halogens is 2. The van der Waals surface area contributed by atoms with E-state index in [2.05, 4.69) is 0 Å². The number of hydrogen-bond acceptors (Lipinski definition) is 4. The Morgan fingerprint density at radius 2 is 1.89 bits per heavy atom. The molecule has 0 heterocycles. The summed E-state index contributed by atoms with van der Waals surface area (Å²) < 4.78 is 22.4. The number of carboxylic acid groups (broad SMARTS) is 1. The SMILES string of the molecule is CS(=O)(=O)Cc1ccc(C(=O)O)c(Cl)c1C(=O)Cl. The number of rotatable bonds is 4. The van der Waals surface area contributed by atoms with E-state index >= 15 is 0 Å². The summed E-state index contributed by atoms with van der Waals surface area (Å²) in [6, 6.07) is 2.35. The van der Waals surface area contributed by atoms with Crippen LogP contribution in [0.15, 0.2) is 12.1 Å². The fourth-order valence-electron chi connectivity index (χ4n) is 1.40. The summed E-state index contributed by atoms with van der Waals surface area (Å²) in [7, 11) is -3.40. The van der Waals surface area contributed by atoms with Gasteiger partial charge in [-0.25, -0.2) is 13.2 Å². The van der Waals surface area contributed by atoms with Crippen LogP contribution in [0.5, 0.6) is 0 Å². The van der Waals surface area contributed by atoms with Crippen molar-refractivity contribution in [1.29, 1.82) is 0 Å². The molecule has 0 radical (unpaired) electrons. The molecule has 0 aliphatic carbocycles. The number of benzene rings is 1. The van der Waals surface area contributed by atoms with Crippen LogP contribution in [0.4, 0.5) is 0 Å². The second-order valence-corrected chi connectivity index (χ2v) is 6.47. The molecule has 0 amide bonds. The van der Waals surface area contributed by atoms with Crippen LogP contribution in [-0.2, 0) is 15.6 Å². The van der Waals surface area contributed by atoms with Crippen LogP contribution in [-0.4, -0.2) is 31.0 Å².